The van der Waals surface area contributed by atoms with E-state index in [-0.39, 0.29) is 41.0 Å². The van der Waals surface area contributed by atoms with Crippen molar-refractivity contribution >= 4 is 16.9 Å². The second-order valence-electron chi connectivity index (χ2n) is 8.82. The van der Waals surface area contributed by atoms with Crippen LogP contribution in [0.3, 0.4) is 0 Å². The monoisotopic (exact) mass is 420 g/mol. The molecule has 7 nitrogen and oxygen atoms in total. The van der Waals surface area contributed by atoms with Crippen LogP contribution >= 0.6 is 0 Å². The summed E-state index contributed by atoms with van der Waals surface area (Å²) in [5, 5.41) is 10.8. The molecule has 160 valence electrons. The van der Waals surface area contributed by atoms with Crippen LogP contribution in [-0.4, -0.2) is 33.6 Å². The molecule has 2 atom stereocenters. The predicted octanol–water partition coefficient (Wildman–Crippen LogP) is 2.47. The van der Waals surface area contributed by atoms with Crippen molar-refractivity contribution in [2.45, 2.75) is 39.2 Å². The average molecular weight is 420 g/mol. The molecule has 1 fully saturated rings. The van der Waals surface area contributed by atoms with E-state index in [9.17, 15) is 19.5 Å². The molecule has 1 N–H and O–H groups in total. The molecule has 2 aliphatic heterocycles. The normalized spacial score (nSPS) is 20.0. The number of nitrogens with zero attached hydrogens (tertiary/aromatic N) is 2. The van der Waals surface area contributed by atoms with E-state index in [2.05, 4.69) is 0 Å². The fourth-order valence-corrected chi connectivity index (χ4v) is 5.23. The number of aryl methyl sites for hydroxylation is 2. The number of rotatable bonds is 2. The Morgan fingerprint density at radius 2 is 1.97 bits per heavy atom. The van der Waals surface area contributed by atoms with Gasteiger partial charge in [0.15, 0.2) is 0 Å². The van der Waals surface area contributed by atoms with Crippen molar-refractivity contribution < 1.29 is 14.3 Å². The average Bonchev–Trinajstić information content (AvgIpc) is 2.71. The van der Waals surface area contributed by atoms with Gasteiger partial charge >= 0.3 is 5.63 Å². The highest BCUT2D eigenvalue weighted by atomic mass is 16.4. The lowest BCUT2D eigenvalue weighted by Gasteiger charge is -2.42. The maximum absolute atomic E-state index is 13.2. The van der Waals surface area contributed by atoms with Gasteiger partial charge in [0.2, 0.25) is 5.91 Å². The molecule has 2 bridgehead atoms. The maximum Gasteiger partial charge on any atom is 0.340 e. The van der Waals surface area contributed by atoms with Crippen molar-refractivity contribution in [1.29, 1.82) is 0 Å². The molecule has 1 amide bonds. The largest absolute Gasteiger partial charge is 0.507 e. The van der Waals surface area contributed by atoms with Gasteiger partial charge in [0.25, 0.3) is 5.56 Å². The van der Waals surface area contributed by atoms with Crippen LogP contribution in [0.1, 0.15) is 34.7 Å². The molecule has 31 heavy (non-hydrogen) atoms. The lowest BCUT2D eigenvalue weighted by atomic mass is 9.83. The van der Waals surface area contributed by atoms with Gasteiger partial charge in [-0.15, -0.1) is 0 Å². The van der Waals surface area contributed by atoms with Crippen molar-refractivity contribution in [2.75, 3.05) is 13.1 Å². The van der Waals surface area contributed by atoms with Crippen LogP contribution in [0.5, 0.6) is 5.75 Å². The molecule has 1 saturated heterocycles. The minimum absolute atomic E-state index is 0.00594. The molecule has 7 heteroatoms. The topological polar surface area (TPSA) is 92.8 Å². The van der Waals surface area contributed by atoms with Gasteiger partial charge < -0.3 is 19.0 Å². The van der Waals surface area contributed by atoms with Crippen molar-refractivity contribution in [3.8, 4) is 5.75 Å². The summed E-state index contributed by atoms with van der Waals surface area (Å²) < 4.78 is 7.26. The number of aromatic hydroxyl groups is 1. The maximum atomic E-state index is 13.2. The van der Waals surface area contributed by atoms with E-state index in [1.165, 1.54) is 0 Å². The third kappa shape index (κ3) is 3.24. The van der Waals surface area contributed by atoms with Gasteiger partial charge in [0.1, 0.15) is 11.3 Å². The number of benzene rings is 1. The number of phenolic OH excluding ortho intramolecular Hbond substituents is 1. The Bertz CT molecular complexity index is 1340. The number of likely N-dealkylation sites (tertiary alicyclic amines) is 1. The fourth-order valence-electron chi connectivity index (χ4n) is 5.23. The van der Waals surface area contributed by atoms with Gasteiger partial charge in [-0.05, 0) is 55.5 Å². The van der Waals surface area contributed by atoms with Crippen LogP contribution < -0.4 is 11.2 Å². The van der Waals surface area contributed by atoms with Crippen molar-refractivity contribution in [3.05, 3.63) is 73.5 Å². The van der Waals surface area contributed by atoms with Gasteiger partial charge in [0.05, 0.1) is 17.4 Å². The summed E-state index contributed by atoms with van der Waals surface area (Å²) in [5.74, 6) is 0.241. The summed E-state index contributed by atoms with van der Waals surface area (Å²) in [6.45, 7) is 5.26. The van der Waals surface area contributed by atoms with Gasteiger partial charge in [-0.2, -0.15) is 0 Å². The van der Waals surface area contributed by atoms with Crippen LogP contribution in [0.15, 0.2) is 44.3 Å². The van der Waals surface area contributed by atoms with Crippen LogP contribution in [0, 0.1) is 19.8 Å². The van der Waals surface area contributed by atoms with E-state index in [0.29, 0.717) is 36.2 Å². The minimum Gasteiger partial charge on any atom is -0.507 e. The molecular weight excluding hydrogens is 396 g/mol. The summed E-state index contributed by atoms with van der Waals surface area (Å²) in [6.07, 6.45) is 0.885. The number of fused-ring (bicyclic) bond motifs is 5. The highest BCUT2D eigenvalue weighted by Gasteiger charge is 2.36. The summed E-state index contributed by atoms with van der Waals surface area (Å²) in [4.78, 5) is 39.8. The SMILES string of the molecule is Cc1cc(O)c2c(C)c(CC(=O)N3C[C@@H]4C[C@H](C3)c3cccc(=O)n3C4)c(=O)oc2c1. The summed E-state index contributed by atoms with van der Waals surface area (Å²) in [7, 11) is 0. The van der Waals surface area contributed by atoms with Gasteiger partial charge in [0, 0.05) is 37.3 Å². The van der Waals surface area contributed by atoms with Crippen LogP contribution in [0.25, 0.3) is 11.0 Å². The molecular formula is C24H24N2O5. The summed E-state index contributed by atoms with van der Waals surface area (Å²) >= 11 is 0. The van der Waals surface area contributed by atoms with Crippen LogP contribution in [0.2, 0.25) is 0 Å². The zero-order valence-corrected chi connectivity index (χ0v) is 17.6. The molecule has 0 radical (unpaired) electrons. The molecule has 0 spiro atoms. The number of pyridine rings is 1. The second-order valence-corrected chi connectivity index (χ2v) is 8.82. The van der Waals surface area contributed by atoms with E-state index in [0.717, 1.165) is 17.7 Å². The Balaban J connectivity index is 1.45. The zero-order chi connectivity index (χ0) is 21.9. The molecule has 4 heterocycles. The molecule has 1 aromatic carbocycles. The fraction of sp³-hybridized carbons (Fsp3) is 0.375. The van der Waals surface area contributed by atoms with E-state index < -0.39 is 5.63 Å². The third-order valence-electron chi connectivity index (χ3n) is 6.66. The molecule has 3 aromatic rings. The Morgan fingerprint density at radius 1 is 1.16 bits per heavy atom. The lowest BCUT2D eigenvalue weighted by molar-refractivity contribution is -0.133. The Kier molecular flexibility index (Phi) is 4.50. The van der Waals surface area contributed by atoms with E-state index in [1.54, 1.807) is 36.1 Å². The number of carbonyl (C=O) groups excluding carboxylic acids is 1. The Morgan fingerprint density at radius 3 is 2.77 bits per heavy atom. The number of piperidine rings is 1. The van der Waals surface area contributed by atoms with E-state index >= 15 is 0 Å². The van der Waals surface area contributed by atoms with Gasteiger partial charge in [-0.25, -0.2) is 4.79 Å². The summed E-state index contributed by atoms with van der Waals surface area (Å²) in [5.41, 5.74) is 2.41. The highest BCUT2D eigenvalue weighted by Crippen LogP contribution is 2.35. The second kappa shape index (κ2) is 7.11. The number of hydrogen-bond acceptors (Lipinski definition) is 5. The zero-order valence-electron chi connectivity index (χ0n) is 17.6. The predicted molar refractivity (Wildman–Crippen MR) is 115 cm³/mol. The molecule has 2 aliphatic rings. The number of hydrogen-bond donors (Lipinski definition) is 1. The van der Waals surface area contributed by atoms with Crippen LogP contribution in [-0.2, 0) is 17.8 Å². The number of phenols is 1. The van der Waals surface area contributed by atoms with E-state index in [4.69, 9.17) is 4.42 Å². The first-order valence-electron chi connectivity index (χ1n) is 10.5. The number of amides is 1. The molecule has 5 rings (SSSR count). The van der Waals surface area contributed by atoms with Gasteiger partial charge in [-0.1, -0.05) is 6.07 Å². The van der Waals surface area contributed by atoms with Crippen molar-refractivity contribution in [1.82, 2.24) is 9.47 Å². The third-order valence-corrected chi connectivity index (χ3v) is 6.66. The smallest absolute Gasteiger partial charge is 0.340 e. The Labute approximate surface area is 178 Å². The molecule has 0 saturated carbocycles. The molecule has 0 unspecified atom stereocenters. The first-order chi connectivity index (χ1) is 14.8. The highest BCUT2D eigenvalue weighted by molar-refractivity contribution is 5.89. The van der Waals surface area contributed by atoms with Gasteiger partial charge in [-0.3, -0.25) is 9.59 Å². The van der Waals surface area contributed by atoms with Crippen molar-refractivity contribution in [3.63, 3.8) is 0 Å². The van der Waals surface area contributed by atoms with E-state index in [1.807, 2.05) is 17.6 Å². The van der Waals surface area contributed by atoms with Crippen LogP contribution in [0.4, 0.5) is 0 Å². The summed E-state index contributed by atoms with van der Waals surface area (Å²) in [6, 6.07) is 8.63. The van der Waals surface area contributed by atoms with Crippen molar-refractivity contribution in [2.24, 2.45) is 5.92 Å². The molecule has 2 aromatic heterocycles. The standard InChI is InChI=1S/C24H24N2O5/c1-13-6-19(27)23-14(2)17(24(30)31-20(23)7-13)9-22(29)25-10-15-8-16(12-25)18-4-3-5-21(28)26(18)11-15/h3-7,15-16,27H,8-12H2,1-2H3/t15-,16+/m0/s1. The number of carbonyl (C=O) groups is 1. The lowest BCUT2D eigenvalue weighted by Crippen LogP contribution is -2.49. The minimum atomic E-state index is -0.544. The number of aromatic nitrogens is 1. The Hall–Kier alpha value is -3.35. The first kappa shape index (κ1) is 19.6. The first-order valence-corrected chi connectivity index (χ1v) is 10.5. The molecule has 0 aliphatic carbocycles. The quantitative estimate of drug-likeness (QED) is 0.643.